The lowest BCUT2D eigenvalue weighted by Crippen LogP contribution is -2.29. The molecule has 130 valence electrons. The van der Waals surface area contributed by atoms with Crippen LogP contribution in [0.3, 0.4) is 0 Å². The third kappa shape index (κ3) is 2.87. The Kier molecular flexibility index (Phi) is 4.13. The molecule has 7 heteroatoms. The number of anilines is 1. The number of fused-ring (bicyclic) bond motifs is 3. The van der Waals surface area contributed by atoms with E-state index in [9.17, 15) is 4.39 Å². The Hall–Kier alpha value is -2.12. The normalized spacial score (nSPS) is 14.7. The predicted octanol–water partition coefficient (Wildman–Crippen LogP) is 3.36. The van der Waals surface area contributed by atoms with Gasteiger partial charge in [-0.05, 0) is 32.2 Å². The average Bonchev–Trinajstić information content (AvgIpc) is 2.93. The molecule has 0 unspecified atom stereocenters. The number of halogens is 1. The average molecular weight is 357 g/mol. The van der Waals surface area contributed by atoms with Crippen LogP contribution in [0.5, 0.6) is 0 Å². The van der Waals surface area contributed by atoms with Crippen molar-refractivity contribution in [1.82, 2.24) is 19.5 Å². The molecule has 1 aliphatic heterocycles. The molecule has 0 aliphatic carbocycles. The van der Waals surface area contributed by atoms with Crippen molar-refractivity contribution in [1.29, 1.82) is 0 Å². The van der Waals surface area contributed by atoms with Gasteiger partial charge in [0, 0.05) is 42.7 Å². The van der Waals surface area contributed by atoms with Crippen LogP contribution in [-0.2, 0) is 13.0 Å². The van der Waals surface area contributed by atoms with E-state index in [2.05, 4.69) is 24.2 Å². The minimum atomic E-state index is -0.239. The summed E-state index contributed by atoms with van der Waals surface area (Å²) in [4.78, 5) is 8.89. The van der Waals surface area contributed by atoms with Gasteiger partial charge in [-0.2, -0.15) is 0 Å². The SMILES string of the molecule is CNc1nn2c3c(c(C)nc2c1Sc1cccc(F)c1)CN(C)CC3. The maximum absolute atomic E-state index is 13.5. The van der Waals surface area contributed by atoms with Gasteiger partial charge >= 0.3 is 0 Å². The van der Waals surface area contributed by atoms with E-state index in [1.54, 1.807) is 6.07 Å². The summed E-state index contributed by atoms with van der Waals surface area (Å²) in [6, 6.07) is 6.61. The zero-order chi connectivity index (χ0) is 17.6. The van der Waals surface area contributed by atoms with Crippen LogP contribution in [-0.4, -0.2) is 40.1 Å². The summed E-state index contributed by atoms with van der Waals surface area (Å²) in [7, 11) is 3.98. The summed E-state index contributed by atoms with van der Waals surface area (Å²) >= 11 is 1.49. The highest BCUT2D eigenvalue weighted by molar-refractivity contribution is 7.99. The minimum absolute atomic E-state index is 0.239. The topological polar surface area (TPSA) is 45.5 Å². The van der Waals surface area contributed by atoms with Gasteiger partial charge in [-0.1, -0.05) is 17.8 Å². The van der Waals surface area contributed by atoms with E-state index < -0.39 is 0 Å². The van der Waals surface area contributed by atoms with Crippen molar-refractivity contribution in [3.05, 3.63) is 47.0 Å². The molecular formula is C18H20FN5S. The largest absolute Gasteiger partial charge is 0.371 e. The molecule has 1 N–H and O–H groups in total. The predicted molar refractivity (Wildman–Crippen MR) is 97.8 cm³/mol. The molecule has 1 aromatic carbocycles. The molecule has 3 heterocycles. The fraction of sp³-hybridized carbons (Fsp3) is 0.333. The Labute approximate surface area is 150 Å². The van der Waals surface area contributed by atoms with Gasteiger partial charge in [-0.15, -0.1) is 5.10 Å². The Bertz CT molecular complexity index is 952. The lowest BCUT2D eigenvalue weighted by Gasteiger charge is -2.26. The summed E-state index contributed by atoms with van der Waals surface area (Å²) in [6.07, 6.45) is 0.945. The zero-order valence-electron chi connectivity index (χ0n) is 14.5. The highest BCUT2D eigenvalue weighted by Crippen LogP contribution is 2.37. The number of aromatic nitrogens is 3. The molecule has 0 fully saturated rings. The van der Waals surface area contributed by atoms with Gasteiger partial charge in [-0.25, -0.2) is 13.9 Å². The van der Waals surface area contributed by atoms with Crippen LogP contribution in [0.1, 0.15) is 17.0 Å². The highest BCUT2D eigenvalue weighted by Gasteiger charge is 2.24. The number of benzene rings is 1. The van der Waals surface area contributed by atoms with E-state index >= 15 is 0 Å². The molecule has 3 aromatic rings. The number of aryl methyl sites for hydroxylation is 1. The van der Waals surface area contributed by atoms with E-state index in [-0.39, 0.29) is 5.82 Å². The van der Waals surface area contributed by atoms with Gasteiger partial charge in [0.25, 0.3) is 0 Å². The molecule has 0 radical (unpaired) electrons. The quantitative estimate of drug-likeness (QED) is 0.779. The smallest absolute Gasteiger partial charge is 0.171 e. The Morgan fingerprint density at radius 2 is 2.16 bits per heavy atom. The monoisotopic (exact) mass is 357 g/mol. The van der Waals surface area contributed by atoms with Crippen LogP contribution >= 0.6 is 11.8 Å². The second-order valence-electron chi connectivity index (χ2n) is 6.33. The Morgan fingerprint density at radius 1 is 1.32 bits per heavy atom. The molecule has 0 saturated carbocycles. The van der Waals surface area contributed by atoms with E-state index in [0.29, 0.717) is 0 Å². The third-order valence-corrected chi connectivity index (χ3v) is 5.61. The second kappa shape index (κ2) is 6.31. The first-order valence-electron chi connectivity index (χ1n) is 8.27. The first-order chi connectivity index (χ1) is 12.1. The first-order valence-corrected chi connectivity index (χ1v) is 9.09. The number of likely N-dealkylation sites (N-methyl/N-ethyl adjacent to an activating group) is 1. The Morgan fingerprint density at radius 3 is 2.92 bits per heavy atom. The summed E-state index contributed by atoms with van der Waals surface area (Å²) in [5, 5.41) is 7.90. The third-order valence-electron chi connectivity index (χ3n) is 4.54. The van der Waals surface area contributed by atoms with Gasteiger partial charge in [0.15, 0.2) is 11.5 Å². The molecule has 0 saturated heterocycles. The Balaban J connectivity index is 1.88. The van der Waals surface area contributed by atoms with E-state index in [0.717, 1.165) is 46.5 Å². The molecule has 0 amide bonds. The van der Waals surface area contributed by atoms with E-state index in [4.69, 9.17) is 10.1 Å². The number of nitrogens with zero attached hydrogens (tertiary/aromatic N) is 4. The fourth-order valence-corrected chi connectivity index (χ4v) is 4.27. The maximum atomic E-state index is 13.5. The lowest BCUT2D eigenvalue weighted by atomic mass is 10.0. The maximum Gasteiger partial charge on any atom is 0.171 e. The van der Waals surface area contributed by atoms with Crippen LogP contribution in [0.15, 0.2) is 34.1 Å². The molecule has 0 bridgehead atoms. The molecule has 0 atom stereocenters. The van der Waals surface area contributed by atoms with Gasteiger partial charge in [0.1, 0.15) is 10.7 Å². The van der Waals surface area contributed by atoms with Crippen molar-refractivity contribution in [3.63, 3.8) is 0 Å². The van der Waals surface area contributed by atoms with Crippen molar-refractivity contribution in [2.75, 3.05) is 26.0 Å². The number of hydrogen-bond donors (Lipinski definition) is 1. The fourth-order valence-electron chi connectivity index (χ4n) is 3.26. The van der Waals surface area contributed by atoms with Crippen LogP contribution in [0.2, 0.25) is 0 Å². The van der Waals surface area contributed by atoms with Gasteiger partial charge in [0.2, 0.25) is 0 Å². The van der Waals surface area contributed by atoms with Crippen molar-refractivity contribution >= 4 is 23.2 Å². The van der Waals surface area contributed by atoms with Crippen LogP contribution in [0.25, 0.3) is 5.65 Å². The van der Waals surface area contributed by atoms with E-state index in [1.165, 1.54) is 35.2 Å². The van der Waals surface area contributed by atoms with E-state index in [1.807, 2.05) is 17.6 Å². The van der Waals surface area contributed by atoms with Crippen LogP contribution in [0, 0.1) is 12.7 Å². The molecule has 0 spiro atoms. The summed E-state index contributed by atoms with van der Waals surface area (Å²) in [5.41, 5.74) is 4.36. The van der Waals surface area contributed by atoms with Crippen LogP contribution in [0.4, 0.5) is 10.2 Å². The molecule has 25 heavy (non-hydrogen) atoms. The van der Waals surface area contributed by atoms with Crippen molar-refractivity contribution < 1.29 is 4.39 Å². The molecule has 1 aliphatic rings. The minimum Gasteiger partial charge on any atom is -0.371 e. The number of hydrogen-bond acceptors (Lipinski definition) is 5. The van der Waals surface area contributed by atoms with Crippen molar-refractivity contribution in [2.45, 2.75) is 29.7 Å². The summed E-state index contributed by atoms with van der Waals surface area (Å²) < 4.78 is 15.5. The highest BCUT2D eigenvalue weighted by atomic mass is 32.2. The summed E-state index contributed by atoms with van der Waals surface area (Å²) in [6.45, 7) is 3.96. The molecule has 5 nitrogen and oxygen atoms in total. The first kappa shape index (κ1) is 16.4. The van der Waals surface area contributed by atoms with Crippen LogP contribution < -0.4 is 5.32 Å². The molecular weight excluding hydrogens is 337 g/mol. The standard InChI is InChI=1S/C18H20FN5S/c1-11-14-10-23(3)8-7-15(14)24-18(21-11)16(17(20-2)22-24)25-13-6-4-5-12(19)9-13/h4-6,9H,7-8,10H2,1-3H3,(H,20,22). The molecule has 4 rings (SSSR count). The second-order valence-corrected chi connectivity index (χ2v) is 7.42. The summed E-state index contributed by atoms with van der Waals surface area (Å²) in [5.74, 6) is 0.533. The number of nitrogens with one attached hydrogen (secondary N) is 1. The number of rotatable bonds is 3. The van der Waals surface area contributed by atoms with Gasteiger partial charge < -0.3 is 10.2 Å². The van der Waals surface area contributed by atoms with Gasteiger partial charge in [-0.3, -0.25) is 0 Å². The van der Waals surface area contributed by atoms with Crippen molar-refractivity contribution in [2.24, 2.45) is 0 Å². The lowest BCUT2D eigenvalue weighted by molar-refractivity contribution is 0.306. The molecule has 2 aromatic heterocycles. The van der Waals surface area contributed by atoms with Gasteiger partial charge in [0.05, 0.1) is 5.69 Å². The van der Waals surface area contributed by atoms with Crippen molar-refractivity contribution in [3.8, 4) is 0 Å². The zero-order valence-corrected chi connectivity index (χ0v) is 15.3.